The lowest BCUT2D eigenvalue weighted by atomic mass is 10.1. The van der Waals surface area contributed by atoms with Gasteiger partial charge in [-0.2, -0.15) is 0 Å². The van der Waals surface area contributed by atoms with Crippen LogP contribution in [0.5, 0.6) is 0 Å². The summed E-state index contributed by atoms with van der Waals surface area (Å²) in [5.41, 5.74) is 2.79. The summed E-state index contributed by atoms with van der Waals surface area (Å²) in [6.45, 7) is 3.72. The van der Waals surface area contributed by atoms with Crippen molar-refractivity contribution in [2.24, 2.45) is 0 Å². The van der Waals surface area contributed by atoms with Crippen molar-refractivity contribution in [2.45, 2.75) is 18.7 Å². The third-order valence-electron chi connectivity index (χ3n) is 3.08. The van der Waals surface area contributed by atoms with E-state index in [0.29, 0.717) is 11.4 Å². The normalized spacial score (nSPS) is 11.2. The van der Waals surface area contributed by atoms with Gasteiger partial charge in [0.2, 0.25) is 0 Å². The van der Waals surface area contributed by atoms with Gasteiger partial charge < -0.3 is 5.32 Å². The molecule has 0 fully saturated rings. The molecule has 0 aliphatic carbocycles. The molecule has 0 saturated heterocycles. The van der Waals surface area contributed by atoms with E-state index in [9.17, 15) is 8.42 Å². The molecule has 2 rings (SSSR count). The fourth-order valence-corrected chi connectivity index (χ4v) is 4.11. The van der Waals surface area contributed by atoms with Crippen LogP contribution in [-0.4, -0.2) is 20.4 Å². The molecule has 0 saturated carbocycles. The Morgan fingerprint density at radius 2 is 1.81 bits per heavy atom. The number of rotatable bonds is 4. The van der Waals surface area contributed by atoms with Crippen molar-refractivity contribution in [2.75, 3.05) is 17.1 Å². The minimum absolute atomic E-state index is 0.120. The third-order valence-corrected chi connectivity index (χ3v) is 4.91. The maximum atomic E-state index is 12.6. The van der Waals surface area contributed by atoms with Crippen molar-refractivity contribution < 1.29 is 8.42 Å². The molecule has 0 amide bonds. The highest BCUT2D eigenvalue weighted by molar-refractivity contribution is 9.10. The Bertz CT molecular complexity index is 753. The highest BCUT2D eigenvalue weighted by Gasteiger charge is 2.20. The fraction of sp³-hybridized carbons (Fsp3) is 0.214. The number of hydrogen-bond donors (Lipinski definition) is 2. The molecule has 1 aromatic carbocycles. The molecule has 5 nitrogen and oxygen atoms in total. The lowest BCUT2D eigenvalue weighted by Crippen LogP contribution is -2.16. The number of aryl methyl sites for hydroxylation is 2. The second kappa shape index (κ2) is 6.03. The molecule has 0 radical (unpaired) electrons. The summed E-state index contributed by atoms with van der Waals surface area (Å²) in [5.74, 6) is 0. The number of nitrogens with one attached hydrogen (secondary N) is 2. The molecule has 0 spiro atoms. The largest absolute Gasteiger partial charge is 0.387 e. The van der Waals surface area contributed by atoms with E-state index in [4.69, 9.17) is 0 Å². The average Bonchev–Trinajstić information content (AvgIpc) is 2.43. The SMILES string of the molecule is CNc1ccncc1S(=O)(=O)Nc1c(C)cc(Br)cc1C. The number of aromatic nitrogens is 1. The lowest BCUT2D eigenvalue weighted by Gasteiger charge is -2.15. The molecular formula is C14H16BrN3O2S. The number of halogens is 1. The zero-order valence-electron chi connectivity index (χ0n) is 11.9. The molecule has 2 aromatic rings. The number of pyridine rings is 1. The second-order valence-electron chi connectivity index (χ2n) is 4.64. The second-order valence-corrected chi connectivity index (χ2v) is 7.21. The van der Waals surface area contributed by atoms with E-state index in [0.717, 1.165) is 15.6 Å². The molecule has 2 N–H and O–H groups in total. The van der Waals surface area contributed by atoms with E-state index in [1.165, 1.54) is 6.20 Å². The predicted octanol–water partition coefficient (Wildman–Crippen LogP) is 3.30. The summed E-state index contributed by atoms with van der Waals surface area (Å²) in [4.78, 5) is 4.01. The first-order chi connectivity index (χ1) is 9.85. The molecule has 0 atom stereocenters. The maximum Gasteiger partial charge on any atom is 0.265 e. The van der Waals surface area contributed by atoms with Crippen LogP contribution < -0.4 is 10.0 Å². The Morgan fingerprint density at radius 3 is 2.38 bits per heavy atom. The molecule has 0 bridgehead atoms. The van der Waals surface area contributed by atoms with E-state index < -0.39 is 10.0 Å². The van der Waals surface area contributed by atoms with Crippen molar-refractivity contribution >= 4 is 37.3 Å². The highest BCUT2D eigenvalue weighted by Crippen LogP contribution is 2.28. The summed E-state index contributed by atoms with van der Waals surface area (Å²) in [5, 5.41) is 2.86. The fourth-order valence-electron chi connectivity index (χ4n) is 2.06. The Balaban J connectivity index is 2.48. The Morgan fingerprint density at radius 1 is 1.19 bits per heavy atom. The first-order valence-electron chi connectivity index (χ1n) is 6.26. The highest BCUT2D eigenvalue weighted by atomic mass is 79.9. The van der Waals surface area contributed by atoms with Crippen LogP contribution in [0.4, 0.5) is 11.4 Å². The number of sulfonamides is 1. The standard InChI is InChI=1S/C14H16BrN3O2S/c1-9-6-11(15)7-10(2)14(9)18-21(19,20)13-8-17-5-4-12(13)16-3/h4-8,18H,1-3H3,(H,16,17). The van der Waals surface area contributed by atoms with Crippen molar-refractivity contribution in [3.8, 4) is 0 Å². The zero-order valence-corrected chi connectivity index (χ0v) is 14.3. The predicted molar refractivity (Wildman–Crippen MR) is 88.2 cm³/mol. The summed E-state index contributed by atoms with van der Waals surface area (Å²) in [6, 6.07) is 5.36. The first-order valence-corrected chi connectivity index (χ1v) is 8.54. The summed E-state index contributed by atoms with van der Waals surface area (Å²) in [6.07, 6.45) is 2.87. The van der Waals surface area contributed by atoms with Gasteiger partial charge in [0.05, 0.1) is 11.4 Å². The van der Waals surface area contributed by atoms with Crippen LogP contribution in [-0.2, 0) is 10.0 Å². The minimum Gasteiger partial charge on any atom is -0.387 e. The van der Waals surface area contributed by atoms with Gasteiger partial charge in [-0.25, -0.2) is 8.42 Å². The van der Waals surface area contributed by atoms with Gasteiger partial charge in [-0.15, -0.1) is 0 Å². The summed E-state index contributed by atoms with van der Waals surface area (Å²) in [7, 11) is -2.03. The number of hydrogen-bond acceptors (Lipinski definition) is 4. The van der Waals surface area contributed by atoms with Crippen molar-refractivity contribution in [3.63, 3.8) is 0 Å². The topological polar surface area (TPSA) is 71.1 Å². The number of anilines is 2. The van der Waals surface area contributed by atoms with Crippen LogP contribution in [0.2, 0.25) is 0 Å². The molecular weight excluding hydrogens is 354 g/mol. The van der Waals surface area contributed by atoms with Gasteiger partial charge in [-0.05, 0) is 43.2 Å². The monoisotopic (exact) mass is 369 g/mol. The molecule has 0 aliphatic heterocycles. The van der Waals surface area contributed by atoms with Gasteiger partial charge in [0.1, 0.15) is 4.90 Å². The number of nitrogens with zero attached hydrogens (tertiary/aromatic N) is 1. The van der Waals surface area contributed by atoms with Crippen LogP contribution in [0, 0.1) is 13.8 Å². The summed E-state index contributed by atoms with van der Waals surface area (Å²) >= 11 is 3.40. The molecule has 112 valence electrons. The van der Waals surface area contributed by atoms with E-state index in [2.05, 4.69) is 31.0 Å². The van der Waals surface area contributed by atoms with Gasteiger partial charge in [-0.1, -0.05) is 15.9 Å². The molecule has 1 aromatic heterocycles. The van der Waals surface area contributed by atoms with Crippen LogP contribution >= 0.6 is 15.9 Å². The van der Waals surface area contributed by atoms with E-state index in [1.807, 2.05) is 26.0 Å². The first kappa shape index (κ1) is 15.8. The molecule has 0 aliphatic rings. The Labute approximate surface area is 133 Å². The smallest absolute Gasteiger partial charge is 0.265 e. The van der Waals surface area contributed by atoms with E-state index in [1.54, 1.807) is 19.3 Å². The average molecular weight is 370 g/mol. The van der Waals surface area contributed by atoms with Gasteiger partial charge in [0.25, 0.3) is 10.0 Å². The maximum absolute atomic E-state index is 12.6. The van der Waals surface area contributed by atoms with Gasteiger partial charge >= 0.3 is 0 Å². The molecule has 0 unspecified atom stereocenters. The van der Waals surface area contributed by atoms with Gasteiger partial charge in [-0.3, -0.25) is 9.71 Å². The third kappa shape index (κ3) is 3.36. The number of benzene rings is 1. The molecule has 7 heteroatoms. The van der Waals surface area contributed by atoms with Gasteiger partial charge in [0, 0.05) is 23.9 Å². The molecule has 21 heavy (non-hydrogen) atoms. The Hall–Kier alpha value is -1.60. The van der Waals surface area contributed by atoms with Crippen LogP contribution in [0.3, 0.4) is 0 Å². The quantitative estimate of drug-likeness (QED) is 0.866. The van der Waals surface area contributed by atoms with Crippen molar-refractivity contribution in [1.29, 1.82) is 0 Å². The van der Waals surface area contributed by atoms with Crippen LogP contribution in [0.15, 0.2) is 40.0 Å². The summed E-state index contributed by atoms with van der Waals surface area (Å²) < 4.78 is 28.7. The Kier molecular flexibility index (Phi) is 4.53. The van der Waals surface area contributed by atoms with E-state index in [-0.39, 0.29) is 4.90 Å². The van der Waals surface area contributed by atoms with Crippen molar-refractivity contribution in [3.05, 3.63) is 46.2 Å². The van der Waals surface area contributed by atoms with Crippen molar-refractivity contribution in [1.82, 2.24) is 4.98 Å². The lowest BCUT2D eigenvalue weighted by molar-refractivity contribution is 0.601. The van der Waals surface area contributed by atoms with Crippen LogP contribution in [0.25, 0.3) is 0 Å². The van der Waals surface area contributed by atoms with E-state index >= 15 is 0 Å². The molecule has 1 heterocycles. The minimum atomic E-state index is -3.70. The van der Waals surface area contributed by atoms with Gasteiger partial charge in [0.15, 0.2) is 0 Å². The van der Waals surface area contributed by atoms with Crippen LogP contribution in [0.1, 0.15) is 11.1 Å². The zero-order chi connectivity index (χ0) is 15.6.